The second-order valence-electron chi connectivity index (χ2n) is 4.96. The third-order valence-corrected chi connectivity index (χ3v) is 3.82. The maximum absolute atomic E-state index is 5.18. The largest absolute Gasteiger partial charge is 0.497 e. The van der Waals surface area contributed by atoms with Gasteiger partial charge in [-0.2, -0.15) is 0 Å². The average molecular weight is 249 g/mol. The maximum Gasteiger partial charge on any atom is 0.118 e. The minimum absolute atomic E-state index is 0.572. The molecule has 1 rings (SSSR count). The molecule has 0 heterocycles. The van der Waals surface area contributed by atoms with Crippen molar-refractivity contribution in [3.05, 3.63) is 29.8 Å². The van der Waals surface area contributed by atoms with Gasteiger partial charge < -0.3 is 10.1 Å². The molecule has 1 N–H and O–H groups in total. The Morgan fingerprint density at radius 3 is 2.17 bits per heavy atom. The molecule has 0 bridgehead atoms. The van der Waals surface area contributed by atoms with E-state index in [1.165, 1.54) is 24.8 Å². The molecule has 0 fully saturated rings. The van der Waals surface area contributed by atoms with Gasteiger partial charge in [0.05, 0.1) is 7.11 Å². The van der Waals surface area contributed by atoms with Crippen LogP contribution in [-0.2, 0) is 6.42 Å². The fourth-order valence-corrected chi connectivity index (χ4v) is 2.37. The molecule has 0 radical (unpaired) electrons. The third kappa shape index (κ3) is 4.69. The molecule has 1 aromatic rings. The smallest absolute Gasteiger partial charge is 0.118 e. The Hall–Kier alpha value is -1.02. The van der Waals surface area contributed by atoms with E-state index < -0.39 is 0 Å². The number of hydrogen-bond donors (Lipinski definition) is 1. The highest BCUT2D eigenvalue weighted by atomic mass is 16.5. The quantitative estimate of drug-likeness (QED) is 0.759. The molecule has 1 unspecified atom stereocenters. The zero-order valence-electron chi connectivity index (χ0n) is 12.2. The van der Waals surface area contributed by atoms with E-state index in [0.29, 0.717) is 6.04 Å². The molecule has 1 aromatic carbocycles. The van der Waals surface area contributed by atoms with Gasteiger partial charge in [-0.1, -0.05) is 38.8 Å². The van der Waals surface area contributed by atoms with Crippen molar-refractivity contribution in [1.29, 1.82) is 0 Å². The highest BCUT2D eigenvalue weighted by Gasteiger charge is 2.13. The van der Waals surface area contributed by atoms with Gasteiger partial charge >= 0.3 is 0 Å². The lowest BCUT2D eigenvalue weighted by atomic mass is 9.91. The zero-order chi connectivity index (χ0) is 13.4. The maximum atomic E-state index is 5.18. The SMILES string of the molecule is CCC(CC)CC(Cc1ccc(OC)cc1)NC. The van der Waals surface area contributed by atoms with Crippen LogP contribution in [0.1, 0.15) is 38.7 Å². The van der Waals surface area contributed by atoms with E-state index in [2.05, 4.69) is 38.3 Å². The van der Waals surface area contributed by atoms with Crippen molar-refractivity contribution in [2.75, 3.05) is 14.2 Å². The van der Waals surface area contributed by atoms with Crippen LogP contribution in [-0.4, -0.2) is 20.2 Å². The van der Waals surface area contributed by atoms with Crippen LogP contribution in [0.5, 0.6) is 5.75 Å². The van der Waals surface area contributed by atoms with Crippen LogP contribution in [0.15, 0.2) is 24.3 Å². The first kappa shape index (κ1) is 15.0. The third-order valence-electron chi connectivity index (χ3n) is 3.82. The van der Waals surface area contributed by atoms with Crippen molar-refractivity contribution in [2.24, 2.45) is 5.92 Å². The average Bonchev–Trinajstić information content (AvgIpc) is 2.44. The molecule has 18 heavy (non-hydrogen) atoms. The number of ether oxygens (including phenoxy) is 1. The van der Waals surface area contributed by atoms with Crippen LogP contribution >= 0.6 is 0 Å². The van der Waals surface area contributed by atoms with E-state index in [1.807, 2.05) is 12.1 Å². The zero-order valence-corrected chi connectivity index (χ0v) is 12.2. The Morgan fingerprint density at radius 2 is 1.72 bits per heavy atom. The fourth-order valence-electron chi connectivity index (χ4n) is 2.37. The Labute approximate surface area is 112 Å². The van der Waals surface area contributed by atoms with E-state index in [4.69, 9.17) is 4.74 Å². The Kier molecular flexibility index (Phi) is 6.81. The first-order valence-electron chi connectivity index (χ1n) is 7.03. The number of hydrogen-bond acceptors (Lipinski definition) is 2. The second-order valence-corrected chi connectivity index (χ2v) is 4.96. The number of nitrogens with one attached hydrogen (secondary N) is 1. The highest BCUT2D eigenvalue weighted by Crippen LogP contribution is 2.18. The lowest BCUT2D eigenvalue weighted by Gasteiger charge is -2.21. The van der Waals surface area contributed by atoms with Gasteiger partial charge in [0.15, 0.2) is 0 Å². The topological polar surface area (TPSA) is 21.3 Å². The summed E-state index contributed by atoms with van der Waals surface area (Å²) in [7, 11) is 3.77. The molecule has 102 valence electrons. The standard InChI is InChI=1S/C16H27NO/c1-5-13(6-2)11-15(17-3)12-14-7-9-16(18-4)10-8-14/h7-10,13,15,17H,5-6,11-12H2,1-4H3. The minimum atomic E-state index is 0.572. The van der Waals surface area contributed by atoms with Crippen molar-refractivity contribution in [3.8, 4) is 5.75 Å². The fraction of sp³-hybridized carbons (Fsp3) is 0.625. The predicted octanol–water partition coefficient (Wildman–Crippen LogP) is 3.65. The summed E-state index contributed by atoms with van der Waals surface area (Å²) in [5.74, 6) is 1.76. The molecule has 0 aliphatic rings. The number of rotatable bonds is 8. The summed E-state index contributed by atoms with van der Waals surface area (Å²) in [5, 5.41) is 3.45. The summed E-state index contributed by atoms with van der Waals surface area (Å²) in [6.07, 6.45) is 4.90. The molecule has 2 nitrogen and oxygen atoms in total. The molecule has 0 aliphatic heterocycles. The predicted molar refractivity (Wildman–Crippen MR) is 78.2 cm³/mol. The van der Waals surface area contributed by atoms with E-state index in [1.54, 1.807) is 7.11 Å². The van der Waals surface area contributed by atoms with E-state index in [9.17, 15) is 0 Å². The van der Waals surface area contributed by atoms with Gasteiger partial charge in [0.25, 0.3) is 0 Å². The van der Waals surface area contributed by atoms with Crippen molar-refractivity contribution < 1.29 is 4.74 Å². The van der Waals surface area contributed by atoms with Crippen LogP contribution in [0.25, 0.3) is 0 Å². The summed E-state index contributed by atoms with van der Waals surface area (Å²) >= 11 is 0. The van der Waals surface area contributed by atoms with Gasteiger partial charge in [0.2, 0.25) is 0 Å². The monoisotopic (exact) mass is 249 g/mol. The highest BCUT2D eigenvalue weighted by molar-refractivity contribution is 5.27. The molecule has 2 heteroatoms. The summed E-state index contributed by atoms with van der Waals surface area (Å²) in [6, 6.07) is 8.98. The molecule has 0 saturated carbocycles. The minimum Gasteiger partial charge on any atom is -0.497 e. The molecule has 0 spiro atoms. The van der Waals surface area contributed by atoms with E-state index in [0.717, 1.165) is 18.1 Å². The summed E-state index contributed by atoms with van der Waals surface area (Å²) in [5.41, 5.74) is 1.38. The summed E-state index contributed by atoms with van der Waals surface area (Å²) in [6.45, 7) is 4.57. The Morgan fingerprint density at radius 1 is 1.11 bits per heavy atom. The first-order chi connectivity index (χ1) is 8.73. The molecule has 0 amide bonds. The first-order valence-corrected chi connectivity index (χ1v) is 7.03. The van der Waals surface area contributed by atoms with Gasteiger partial charge in [0.1, 0.15) is 5.75 Å². The summed E-state index contributed by atoms with van der Waals surface area (Å²) in [4.78, 5) is 0. The molecular formula is C16H27NO. The van der Waals surface area contributed by atoms with Crippen molar-refractivity contribution in [2.45, 2.75) is 45.6 Å². The van der Waals surface area contributed by atoms with Crippen LogP contribution in [0.4, 0.5) is 0 Å². The summed E-state index contributed by atoms with van der Waals surface area (Å²) < 4.78 is 5.18. The van der Waals surface area contributed by atoms with Gasteiger partial charge in [-0.3, -0.25) is 0 Å². The Balaban J connectivity index is 2.55. The molecular weight excluding hydrogens is 222 g/mol. The van der Waals surface area contributed by atoms with E-state index in [-0.39, 0.29) is 0 Å². The van der Waals surface area contributed by atoms with Crippen LogP contribution in [0, 0.1) is 5.92 Å². The number of benzene rings is 1. The molecule has 1 atom stereocenters. The van der Waals surface area contributed by atoms with Gasteiger partial charge in [0, 0.05) is 6.04 Å². The second kappa shape index (κ2) is 8.15. The number of likely N-dealkylation sites (N-methyl/N-ethyl adjacent to an activating group) is 1. The lowest BCUT2D eigenvalue weighted by Crippen LogP contribution is -2.29. The Bertz CT molecular complexity index is 316. The van der Waals surface area contributed by atoms with Crippen LogP contribution in [0.2, 0.25) is 0 Å². The molecule has 0 saturated heterocycles. The number of methoxy groups -OCH3 is 1. The lowest BCUT2D eigenvalue weighted by molar-refractivity contribution is 0.377. The van der Waals surface area contributed by atoms with Gasteiger partial charge in [-0.25, -0.2) is 0 Å². The van der Waals surface area contributed by atoms with Crippen LogP contribution in [0.3, 0.4) is 0 Å². The molecule has 0 aliphatic carbocycles. The normalized spacial score (nSPS) is 12.7. The van der Waals surface area contributed by atoms with Gasteiger partial charge in [-0.15, -0.1) is 0 Å². The van der Waals surface area contributed by atoms with Crippen molar-refractivity contribution in [3.63, 3.8) is 0 Å². The van der Waals surface area contributed by atoms with Crippen molar-refractivity contribution in [1.82, 2.24) is 5.32 Å². The van der Waals surface area contributed by atoms with E-state index >= 15 is 0 Å². The van der Waals surface area contributed by atoms with Crippen LogP contribution < -0.4 is 10.1 Å². The van der Waals surface area contributed by atoms with Gasteiger partial charge in [-0.05, 0) is 43.5 Å². The molecule has 0 aromatic heterocycles. The van der Waals surface area contributed by atoms with Crippen molar-refractivity contribution >= 4 is 0 Å².